The van der Waals surface area contributed by atoms with Crippen molar-refractivity contribution in [2.24, 2.45) is 7.05 Å². The molecule has 16 heteroatoms. The van der Waals surface area contributed by atoms with Gasteiger partial charge in [0.05, 0.1) is 5.56 Å². The molecule has 1 unspecified atom stereocenters. The van der Waals surface area contributed by atoms with E-state index in [1.165, 1.54) is 11.8 Å². The summed E-state index contributed by atoms with van der Waals surface area (Å²) in [6.07, 6.45) is -10.0. The van der Waals surface area contributed by atoms with Crippen LogP contribution < -0.4 is 4.90 Å². The molecule has 2 heterocycles. The number of benzene rings is 1. The van der Waals surface area contributed by atoms with Gasteiger partial charge in [-0.2, -0.15) is 35.6 Å². The zero-order chi connectivity index (χ0) is 25.9. The predicted octanol–water partition coefficient (Wildman–Crippen LogP) is 2.64. The van der Waals surface area contributed by atoms with E-state index in [-0.39, 0.29) is 25.3 Å². The fourth-order valence-corrected chi connectivity index (χ4v) is 5.15. The quantitative estimate of drug-likeness (QED) is 0.625. The zero-order valence-corrected chi connectivity index (χ0v) is 18.8. The van der Waals surface area contributed by atoms with Crippen molar-refractivity contribution in [3.8, 4) is 0 Å². The second kappa shape index (κ2) is 8.34. The van der Waals surface area contributed by atoms with Crippen LogP contribution in [-0.4, -0.2) is 64.4 Å². The first-order chi connectivity index (χ1) is 15.4. The molecule has 0 amide bonds. The number of piperazine rings is 1. The number of hydrogen-bond acceptors (Lipinski definition) is 6. The molecule has 2 aromatic rings. The van der Waals surface area contributed by atoms with Crippen LogP contribution in [0.25, 0.3) is 0 Å². The molecule has 0 radical (unpaired) electrons. The van der Waals surface area contributed by atoms with Gasteiger partial charge in [-0.1, -0.05) is 0 Å². The minimum Gasteiger partial charge on any atom is -0.374 e. The first-order valence-corrected chi connectivity index (χ1v) is 11.2. The Balaban J connectivity index is 1.89. The van der Waals surface area contributed by atoms with Gasteiger partial charge in [0.25, 0.3) is 15.2 Å². The van der Waals surface area contributed by atoms with E-state index in [1.54, 1.807) is 0 Å². The lowest BCUT2D eigenvalue weighted by Gasteiger charge is -2.40. The Morgan fingerprint density at radius 2 is 1.74 bits per heavy atom. The lowest BCUT2D eigenvalue weighted by Crippen LogP contribution is -2.54. The van der Waals surface area contributed by atoms with Gasteiger partial charge in [-0.3, -0.25) is 0 Å². The first kappa shape index (κ1) is 26.2. The molecule has 0 aliphatic carbocycles. The molecular formula is C18H20F7N5O3S. The highest BCUT2D eigenvalue weighted by Crippen LogP contribution is 2.39. The third-order valence-electron chi connectivity index (χ3n) is 5.44. The van der Waals surface area contributed by atoms with Gasteiger partial charge < -0.3 is 10.0 Å². The largest absolute Gasteiger partial charge is 0.424 e. The summed E-state index contributed by atoms with van der Waals surface area (Å²) >= 11 is 0. The third-order valence-corrected chi connectivity index (χ3v) is 7.24. The van der Waals surface area contributed by atoms with Crippen LogP contribution in [0.4, 0.5) is 36.4 Å². The summed E-state index contributed by atoms with van der Waals surface area (Å²) in [5, 5.41) is 12.4. The Bertz CT molecular complexity index is 1180. The summed E-state index contributed by atoms with van der Waals surface area (Å²) in [5.41, 5.74) is -5.04. The Hall–Kier alpha value is -2.46. The molecule has 34 heavy (non-hydrogen) atoms. The van der Waals surface area contributed by atoms with Gasteiger partial charge in [-0.25, -0.2) is 17.5 Å². The van der Waals surface area contributed by atoms with Crippen LogP contribution in [0.2, 0.25) is 0 Å². The first-order valence-electron chi connectivity index (χ1n) is 9.71. The van der Waals surface area contributed by atoms with Crippen molar-refractivity contribution in [1.82, 2.24) is 19.1 Å². The van der Waals surface area contributed by atoms with Crippen LogP contribution in [-0.2, 0) is 28.8 Å². The van der Waals surface area contributed by atoms with Crippen molar-refractivity contribution in [3.05, 3.63) is 35.4 Å². The van der Waals surface area contributed by atoms with Crippen molar-refractivity contribution >= 4 is 15.7 Å². The summed E-state index contributed by atoms with van der Waals surface area (Å²) in [4.78, 5) is 4.65. The standard InChI is InChI=1S/C18H20F7N5O3S/c1-10-9-29(13-5-4-11(19)8-12(13)17(20,21)22)6-7-30(10)34(32,33)15-26-14(28(3)27-15)16(2,31)18(23,24)25/h4-5,8,10,31H,6-7,9H2,1-3H3/t10-,16?/m1/s1. The third kappa shape index (κ3) is 4.57. The molecule has 1 aromatic carbocycles. The molecule has 3 rings (SSSR count). The molecule has 1 fully saturated rings. The molecule has 1 aliphatic heterocycles. The number of nitrogens with zero attached hydrogens (tertiary/aromatic N) is 5. The van der Waals surface area contributed by atoms with E-state index in [4.69, 9.17) is 0 Å². The summed E-state index contributed by atoms with van der Waals surface area (Å²) in [6, 6.07) is 1.19. The number of alkyl halides is 6. The average Bonchev–Trinajstić information content (AvgIpc) is 3.09. The molecule has 1 aromatic heterocycles. The van der Waals surface area contributed by atoms with Gasteiger partial charge in [0.2, 0.25) is 5.60 Å². The van der Waals surface area contributed by atoms with Gasteiger partial charge in [0, 0.05) is 38.4 Å². The smallest absolute Gasteiger partial charge is 0.374 e. The number of rotatable bonds is 4. The number of aryl methyl sites for hydroxylation is 1. The van der Waals surface area contributed by atoms with Crippen molar-refractivity contribution in [1.29, 1.82) is 0 Å². The van der Waals surface area contributed by atoms with Gasteiger partial charge >= 0.3 is 12.4 Å². The van der Waals surface area contributed by atoms with Gasteiger partial charge in [-0.15, -0.1) is 5.10 Å². The number of hydrogen-bond donors (Lipinski definition) is 1. The minimum atomic E-state index is -5.17. The number of sulfonamides is 1. The van der Waals surface area contributed by atoms with Crippen LogP contribution in [0.1, 0.15) is 25.2 Å². The molecule has 0 spiro atoms. The van der Waals surface area contributed by atoms with E-state index < -0.39 is 56.4 Å². The lowest BCUT2D eigenvalue weighted by molar-refractivity contribution is -0.262. The van der Waals surface area contributed by atoms with Gasteiger partial charge in [0.1, 0.15) is 5.82 Å². The summed E-state index contributed by atoms with van der Waals surface area (Å²) in [6.45, 7) is 0.986. The van der Waals surface area contributed by atoms with E-state index in [9.17, 15) is 44.3 Å². The summed E-state index contributed by atoms with van der Waals surface area (Å²) in [7, 11) is -3.58. The Labute approximate surface area is 189 Å². The van der Waals surface area contributed by atoms with E-state index in [0.29, 0.717) is 17.7 Å². The maximum absolute atomic E-state index is 13.4. The average molecular weight is 519 g/mol. The van der Waals surface area contributed by atoms with Crippen LogP contribution >= 0.6 is 0 Å². The van der Waals surface area contributed by atoms with Crippen molar-refractivity contribution < 1.29 is 44.3 Å². The van der Waals surface area contributed by atoms with E-state index in [0.717, 1.165) is 23.5 Å². The zero-order valence-electron chi connectivity index (χ0n) is 18.0. The summed E-state index contributed by atoms with van der Waals surface area (Å²) < 4.78 is 120. The fourth-order valence-electron chi connectivity index (χ4n) is 3.65. The molecule has 1 aliphatic rings. The summed E-state index contributed by atoms with van der Waals surface area (Å²) in [5.74, 6) is -2.14. The number of aromatic nitrogens is 3. The lowest BCUT2D eigenvalue weighted by atomic mass is 10.1. The van der Waals surface area contributed by atoms with Gasteiger partial charge in [-0.05, 0) is 32.0 Å². The fraction of sp³-hybridized carbons (Fsp3) is 0.556. The molecule has 1 N–H and O–H groups in total. The Morgan fingerprint density at radius 3 is 2.26 bits per heavy atom. The number of anilines is 1. The van der Waals surface area contributed by atoms with Crippen LogP contribution in [0.15, 0.2) is 23.4 Å². The topological polar surface area (TPSA) is 91.6 Å². The van der Waals surface area contributed by atoms with Crippen LogP contribution in [0, 0.1) is 5.82 Å². The van der Waals surface area contributed by atoms with Gasteiger partial charge in [0.15, 0.2) is 5.82 Å². The van der Waals surface area contributed by atoms with Crippen molar-refractivity contribution in [2.75, 3.05) is 24.5 Å². The highest BCUT2D eigenvalue weighted by atomic mass is 32.2. The van der Waals surface area contributed by atoms with Crippen molar-refractivity contribution in [2.45, 2.75) is 43.0 Å². The van der Waals surface area contributed by atoms with E-state index in [1.807, 2.05) is 0 Å². The second-order valence-electron chi connectivity index (χ2n) is 7.98. The SMILES string of the molecule is C[C@@H]1CN(c2ccc(F)cc2C(F)(F)F)CCN1S(=O)(=O)c1nc(C(C)(O)C(F)(F)F)n(C)n1. The maximum atomic E-state index is 13.4. The van der Waals surface area contributed by atoms with E-state index >= 15 is 0 Å². The normalized spacial score (nSPS) is 20.4. The molecule has 8 nitrogen and oxygen atoms in total. The monoisotopic (exact) mass is 519 g/mol. The van der Waals surface area contributed by atoms with E-state index in [2.05, 4.69) is 10.1 Å². The Morgan fingerprint density at radius 1 is 1.12 bits per heavy atom. The Kier molecular flexibility index (Phi) is 6.41. The molecule has 0 saturated carbocycles. The minimum absolute atomic E-state index is 0.224. The molecule has 2 atom stereocenters. The second-order valence-corrected chi connectivity index (χ2v) is 9.77. The molecule has 0 bridgehead atoms. The molecular weight excluding hydrogens is 499 g/mol. The molecule has 1 saturated heterocycles. The number of aliphatic hydroxyl groups is 1. The number of halogens is 7. The highest BCUT2D eigenvalue weighted by molar-refractivity contribution is 7.89. The predicted molar refractivity (Wildman–Crippen MR) is 104 cm³/mol. The molecule has 190 valence electrons. The maximum Gasteiger partial charge on any atom is 0.424 e. The van der Waals surface area contributed by atoms with Crippen LogP contribution in [0.5, 0.6) is 0 Å². The van der Waals surface area contributed by atoms with Crippen molar-refractivity contribution in [3.63, 3.8) is 0 Å². The highest BCUT2D eigenvalue weighted by Gasteiger charge is 2.55. The van der Waals surface area contributed by atoms with Crippen LogP contribution in [0.3, 0.4) is 0 Å².